The van der Waals surface area contributed by atoms with Crippen molar-refractivity contribution in [2.75, 3.05) is 6.54 Å². The fraction of sp³-hybridized carbons (Fsp3) is 0.462. The topological polar surface area (TPSA) is 55.1 Å². The number of unbranched alkanes of at least 4 members (excludes halogenated alkanes) is 1. The van der Waals surface area contributed by atoms with Gasteiger partial charge in [0, 0.05) is 24.1 Å². The molecule has 0 heterocycles. The van der Waals surface area contributed by atoms with Crippen LogP contribution in [0.5, 0.6) is 0 Å². The van der Waals surface area contributed by atoms with Gasteiger partial charge in [-0.1, -0.05) is 0 Å². The zero-order valence-electron chi connectivity index (χ0n) is 10.8. The summed E-state index contributed by atoms with van der Waals surface area (Å²) in [6.07, 6.45) is -4.58. The molecule has 0 fully saturated rings. The van der Waals surface area contributed by atoms with E-state index in [2.05, 4.69) is 5.32 Å². The van der Waals surface area contributed by atoms with E-state index in [0.29, 0.717) is 13.0 Å². The van der Waals surface area contributed by atoms with Crippen LogP contribution in [-0.4, -0.2) is 18.6 Å². The zero-order valence-corrected chi connectivity index (χ0v) is 10.8. The SMILES string of the molecule is NC(=O)c1ccc(F)c(CNCCCCC(F)(F)F)c1. The number of benzene rings is 1. The Kier molecular flexibility index (Phi) is 5.94. The quantitative estimate of drug-likeness (QED) is 0.600. The second-order valence-electron chi connectivity index (χ2n) is 4.42. The van der Waals surface area contributed by atoms with Gasteiger partial charge in [-0.25, -0.2) is 4.39 Å². The van der Waals surface area contributed by atoms with E-state index in [0.717, 1.165) is 6.07 Å². The number of carbonyl (C=O) groups excluding carboxylic acids is 1. The van der Waals surface area contributed by atoms with Crippen molar-refractivity contribution < 1.29 is 22.4 Å². The lowest BCUT2D eigenvalue weighted by Crippen LogP contribution is -2.18. The molecule has 112 valence electrons. The van der Waals surface area contributed by atoms with Gasteiger partial charge in [-0.3, -0.25) is 4.79 Å². The summed E-state index contributed by atoms with van der Waals surface area (Å²) in [5.41, 5.74) is 5.54. The van der Waals surface area contributed by atoms with Gasteiger partial charge >= 0.3 is 6.18 Å². The molecule has 0 aliphatic heterocycles. The molecule has 0 aliphatic rings. The van der Waals surface area contributed by atoms with Crippen LogP contribution in [0.25, 0.3) is 0 Å². The van der Waals surface area contributed by atoms with Crippen molar-refractivity contribution in [2.24, 2.45) is 5.73 Å². The predicted octanol–water partition coefficient (Wildman–Crippen LogP) is 2.75. The molecular formula is C13H16F4N2O. The summed E-state index contributed by atoms with van der Waals surface area (Å²) in [6, 6.07) is 3.76. The maximum Gasteiger partial charge on any atom is 0.389 e. The second-order valence-corrected chi connectivity index (χ2v) is 4.42. The van der Waals surface area contributed by atoms with Crippen molar-refractivity contribution in [2.45, 2.75) is 32.0 Å². The summed E-state index contributed by atoms with van der Waals surface area (Å²) < 4.78 is 49.1. The summed E-state index contributed by atoms with van der Waals surface area (Å²) in [5.74, 6) is -1.14. The number of hydrogen-bond acceptors (Lipinski definition) is 2. The Morgan fingerprint density at radius 2 is 1.95 bits per heavy atom. The van der Waals surface area contributed by atoms with E-state index in [9.17, 15) is 22.4 Å². The van der Waals surface area contributed by atoms with Gasteiger partial charge in [-0.05, 0) is 37.6 Å². The predicted molar refractivity (Wildman–Crippen MR) is 66.5 cm³/mol. The van der Waals surface area contributed by atoms with E-state index in [1.165, 1.54) is 12.1 Å². The maximum atomic E-state index is 13.4. The molecular weight excluding hydrogens is 276 g/mol. The van der Waals surface area contributed by atoms with Crippen molar-refractivity contribution in [3.8, 4) is 0 Å². The number of hydrogen-bond donors (Lipinski definition) is 2. The normalized spacial score (nSPS) is 11.6. The average molecular weight is 292 g/mol. The molecule has 0 bridgehead atoms. The highest BCUT2D eigenvalue weighted by Gasteiger charge is 2.25. The van der Waals surface area contributed by atoms with E-state index in [1.807, 2.05) is 0 Å². The van der Waals surface area contributed by atoms with Gasteiger partial charge in [-0.15, -0.1) is 0 Å². The molecule has 0 atom stereocenters. The van der Waals surface area contributed by atoms with Crippen LogP contribution < -0.4 is 11.1 Å². The fourth-order valence-electron chi connectivity index (χ4n) is 1.66. The zero-order chi connectivity index (χ0) is 15.2. The number of rotatable bonds is 7. The minimum atomic E-state index is -4.14. The largest absolute Gasteiger partial charge is 0.389 e. The third-order valence-corrected chi connectivity index (χ3v) is 2.71. The van der Waals surface area contributed by atoms with Crippen molar-refractivity contribution >= 4 is 5.91 Å². The molecule has 3 N–H and O–H groups in total. The number of carbonyl (C=O) groups is 1. The highest BCUT2D eigenvalue weighted by molar-refractivity contribution is 5.92. The van der Waals surface area contributed by atoms with Crippen LogP contribution in [0, 0.1) is 5.82 Å². The molecule has 0 unspecified atom stereocenters. The molecule has 0 saturated heterocycles. The standard InChI is InChI=1S/C13H16F4N2O/c14-11-4-3-9(12(18)20)7-10(11)8-19-6-2-1-5-13(15,16)17/h3-4,7,19H,1-2,5-6,8H2,(H2,18,20). The Labute approximate surface area is 114 Å². The van der Waals surface area contributed by atoms with E-state index in [1.54, 1.807) is 0 Å². The average Bonchev–Trinajstić information content (AvgIpc) is 2.34. The van der Waals surface area contributed by atoms with Crippen LogP contribution in [0.2, 0.25) is 0 Å². The van der Waals surface area contributed by atoms with Crippen molar-refractivity contribution in [1.82, 2.24) is 5.32 Å². The summed E-state index contributed by atoms with van der Waals surface area (Å²) in [5, 5.41) is 2.84. The third kappa shape index (κ3) is 6.01. The van der Waals surface area contributed by atoms with Gasteiger partial charge in [0.15, 0.2) is 0 Å². The Hall–Kier alpha value is -1.63. The molecule has 1 aromatic carbocycles. The summed E-state index contributed by atoms with van der Waals surface area (Å²) >= 11 is 0. The highest BCUT2D eigenvalue weighted by atomic mass is 19.4. The fourth-order valence-corrected chi connectivity index (χ4v) is 1.66. The van der Waals surface area contributed by atoms with E-state index < -0.39 is 24.3 Å². The molecule has 0 spiro atoms. The number of primary amides is 1. The van der Waals surface area contributed by atoms with Gasteiger partial charge < -0.3 is 11.1 Å². The molecule has 1 aromatic rings. The van der Waals surface area contributed by atoms with Crippen LogP contribution in [0.15, 0.2) is 18.2 Å². The minimum absolute atomic E-state index is 0.0281. The van der Waals surface area contributed by atoms with Crippen LogP contribution in [0.1, 0.15) is 35.2 Å². The smallest absolute Gasteiger partial charge is 0.366 e. The lowest BCUT2D eigenvalue weighted by atomic mass is 10.1. The van der Waals surface area contributed by atoms with Gasteiger partial charge in [0.25, 0.3) is 0 Å². The summed E-state index contributed by atoms with van der Waals surface area (Å²) in [4.78, 5) is 10.9. The number of alkyl halides is 3. The summed E-state index contributed by atoms with van der Waals surface area (Å²) in [7, 11) is 0. The van der Waals surface area contributed by atoms with Gasteiger partial charge in [0.1, 0.15) is 5.82 Å². The van der Waals surface area contributed by atoms with Gasteiger partial charge in [-0.2, -0.15) is 13.2 Å². The Morgan fingerprint density at radius 3 is 2.55 bits per heavy atom. The lowest BCUT2D eigenvalue weighted by molar-refractivity contribution is -0.135. The third-order valence-electron chi connectivity index (χ3n) is 2.71. The first-order valence-corrected chi connectivity index (χ1v) is 6.15. The number of amides is 1. The van der Waals surface area contributed by atoms with Crippen LogP contribution in [0.4, 0.5) is 17.6 Å². The molecule has 3 nitrogen and oxygen atoms in total. The molecule has 1 amide bonds. The van der Waals surface area contributed by atoms with E-state index in [4.69, 9.17) is 5.73 Å². The lowest BCUT2D eigenvalue weighted by Gasteiger charge is -2.08. The molecule has 0 saturated carbocycles. The Morgan fingerprint density at radius 1 is 1.25 bits per heavy atom. The van der Waals surface area contributed by atoms with Crippen LogP contribution >= 0.6 is 0 Å². The van der Waals surface area contributed by atoms with E-state index >= 15 is 0 Å². The number of halogens is 4. The Bertz CT molecular complexity index is 460. The summed E-state index contributed by atoms with van der Waals surface area (Å²) in [6.45, 7) is 0.481. The van der Waals surface area contributed by atoms with Gasteiger partial charge in [0.2, 0.25) is 5.91 Å². The molecule has 0 aromatic heterocycles. The first kappa shape index (κ1) is 16.4. The van der Waals surface area contributed by atoms with Crippen molar-refractivity contribution in [3.63, 3.8) is 0 Å². The van der Waals surface area contributed by atoms with Crippen molar-refractivity contribution in [1.29, 1.82) is 0 Å². The molecule has 1 rings (SSSR count). The first-order valence-electron chi connectivity index (χ1n) is 6.15. The first-order chi connectivity index (χ1) is 9.29. The number of nitrogens with two attached hydrogens (primary N) is 1. The van der Waals surface area contributed by atoms with Gasteiger partial charge in [0.05, 0.1) is 0 Å². The molecule has 20 heavy (non-hydrogen) atoms. The molecule has 0 aliphatic carbocycles. The second kappa shape index (κ2) is 7.23. The Balaban J connectivity index is 2.35. The van der Waals surface area contributed by atoms with E-state index in [-0.39, 0.29) is 24.1 Å². The van der Waals surface area contributed by atoms with Crippen LogP contribution in [0.3, 0.4) is 0 Å². The monoisotopic (exact) mass is 292 g/mol. The van der Waals surface area contributed by atoms with Crippen molar-refractivity contribution in [3.05, 3.63) is 35.1 Å². The maximum absolute atomic E-state index is 13.4. The molecule has 7 heteroatoms. The van der Waals surface area contributed by atoms with Crippen LogP contribution in [-0.2, 0) is 6.54 Å². The number of nitrogens with one attached hydrogen (secondary N) is 1. The molecule has 0 radical (unpaired) electrons. The highest BCUT2D eigenvalue weighted by Crippen LogP contribution is 2.21. The minimum Gasteiger partial charge on any atom is -0.366 e.